The number of aliphatic hydroxyl groups excluding tert-OH is 2. The SMILES string of the molecule is O=C(NCC(O)C(F)(F)F)c1cccc(Cl)c1-n1cnc(Cn2nc(-c3ccc(Cl)cc3)n(C[C@@H](O)C(F)(F)F)c2=O)n1. The summed E-state index contributed by atoms with van der Waals surface area (Å²) in [7, 11) is 0. The minimum atomic E-state index is -5.02. The third-order valence-corrected chi connectivity index (χ3v) is 6.44. The quantitative estimate of drug-likeness (QED) is 0.236. The lowest BCUT2D eigenvalue weighted by Gasteiger charge is -2.16. The highest BCUT2D eigenvalue weighted by atomic mass is 35.5. The smallest absolute Gasteiger partial charge is 0.382 e. The van der Waals surface area contributed by atoms with E-state index in [0.717, 1.165) is 15.7 Å². The highest BCUT2D eigenvalue weighted by Crippen LogP contribution is 2.26. The van der Waals surface area contributed by atoms with E-state index < -0.39 is 55.8 Å². The van der Waals surface area contributed by atoms with E-state index >= 15 is 0 Å². The molecule has 0 spiro atoms. The number of aliphatic hydroxyl groups is 2. The third kappa shape index (κ3) is 7.35. The summed E-state index contributed by atoms with van der Waals surface area (Å²) in [6.07, 6.45) is -14.6. The van der Waals surface area contributed by atoms with Crippen LogP contribution in [-0.2, 0) is 13.1 Å². The van der Waals surface area contributed by atoms with Gasteiger partial charge in [0, 0.05) is 10.6 Å². The maximum absolute atomic E-state index is 13.1. The molecule has 2 aromatic carbocycles. The molecule has 2 atom stereocenters. The Bertz CT molecular complexity index is 1670. The molecular formula is C24H19Cl2F6N7O4. The van der Waals surface area contributed by atoms with Gasteiger partial charge in [-0.15, -0.1) is 10.2 Å². The molecule has 0 fully saturated rings. The Balaban J connectivity index is 1.65. The van der Waals surface area contributed by atoms with E-state index in [4.69, 9.17) is 23.2 Å². The summed E-state index contributed by atoms with van der Waals surface area (Å²) in [6, 6.07) is 9.61. The molecule has 19 heteroatoms. The lowest BCUT2D eigenvalue weighted by molar-refractivity contribution is -0.207. The van der Waals surface area contributed by atoms with Gasteiger partial charge in [0.25, 0.3) is 5.91 Å². The van der Waals surface area contributed by atoms with E-state index in [1.165, 1.54) is 42.5 Å². The van der Waals surface area contributed by atoms with Crippen LogP contribution in [0, 0.1) is 0 Å². The minimum absolute atomic E-state index is 0.0620. The lowest BCUT2D eigenvalue weighted by atomic mass is 10.1. The molecule has 0 aliphatic carbocycles. The molecule has 3 N–H and O–H groups in total. The van der Waals surface area contributed by atoms with Gasteiger partial charge in [0.1, 0.15) is 12.9 Å². The molecule has 11 nitrogen and oxygen atoms in total. The van der Waals surface area contributed by atoms with Crippen molar-refractivity contribution >= 4 is 29.1 Å². The first-order chi connectivity index (χ1) is 20.1. The Morgan fingerprint density at radius 3 is 2.23 bits per heavy atom. The van der Waals surface area contributed by atoms with Gasteiger partial charge < -0.3 is 15.5 Å². The minimum Gasteiger partial charge on any atom is -0.382 e. The number of para-hydroxylation sites is 1. The maximum atomic E-state index is 13.1. The normalized spacial score (nSPS) is 13.6. The van der Waals surface area contributed by atoms with Crippen LogP contribution in [-0.4, -0.2) is 76.3 Å². The van der Waals surface area contributed by atoms with Gasteiger partial charge in [-0.2, -0.15) is 26.3 Å². The second kappa shape index (κ2) is 12.4. The predicted molar refractivity (Wildman–Crippen MR) is 139 cm³/mol. The van der Waals surface area contributed by atoms with E-state index in [9.17, 15) is 46.1 Å². The molecule has 0 radical (unpaired) electrons. The molecule has 0 bridgehead atoms. The van der Waals surface area contributed by atoms with Gasteiger partial charge in [0.2, 0.25) is 0 Å². The van der Waals surface area contributed by atoms with Crippen molar-refractivity contribution in [1.29, 1.82) is 0 Å². The molecule has 43 heavy (non-hydrogen) atoms. The zero-order valence-corrected chi connectivity index (χ0v) is 22.8. The van der Waals surface area contributed by atoms with Crippen molar-refractivity contribution in [3.8, 4) is 17.1 Å². The largest absolute Gasteiger partial charge is 0.416 e. The number of hydrogen-bond acceptors (Lipinski definition) is 7. The van der Waals surface area contributed by atoms with Gasteiger partial charge >= 0.3 is 18.0 Å². The van der Waals surface area contributed by atoms with Gasteiger partial charge in [-0.25, -0.2) is 19.1 Å². The first kappa shape index (κ1) is 32.0. The average molecular weight is 654 g/mol. The molecule has 4 aromatic rings. The van der Waals surface area contributed by atoms with Crippen LogP contribution in [0.5, 0.6) is 0 Å². The molecule has 1 unspecified atom stereocenters. The summed E-state index contributed by atoms with van der Waals surface area (Å²) in [5.74, 6) is -1.36. The fraction of sp³-hybridized carbons (Fsp3) is 0.292. The summed E-state index contributed by atoms with van der Waals surface area (Å²) in [5.41, 5.74) is -1.15. The summed E-state index contributed by atoms with van der Waals surface area (Å²) < 4.78 is 79.6. The number of carbonyl (C=O) groups excluding carboxylic acids is 1. The summed E-state index contributed by atoms with van der Waals surface area (Å²) in [4.78, 5) is 29.8. The molecule has 2 heterocycles. The highest BCUT2D eigenvalue weighted by molar-refractivity contribution is 6.33. The standard InChI is InChI=1S/C24H19Cl2F6N7O4/c25-13-6-4-12(5-7-13)20-36-38(22(43)37(20)9-17(41)24(30,31)32)10-18-34-11-39(35-18)19-14(2-1-3-15(19)26)21(42)33-8-16(40)23(27,28)29/h1-7,11,16-17,40-41H,8-10H2,(H,33,42)/t16?,17-/m1/s1. The molecule has 4 rings (SSSR count). The molecule has 0 saturated carbocycles. The lowest BCUT2D eigenvalue weighted by Crippen LogP contribution is -2.40. The van der Waals surface area contributed by atoms with E-state index in [1.54, 1.807) is 0 Å². The van der Waals surface area contributed by atoms with Crippen LogP contribution in [0.1, 0.15) is 16.2 Å². The zero-order chi connectivity index (χ0) is 31.7. The van der Waals surface area contributed by atoms with E-state index in [2.05, 4.69) is 15.2 Å². The van der Waals surface area contributed by atoms with Gasteiger partial charge in [-0.1, -0.05) is 29.3 Å². The van der Waals surface area contributed by atoms with E-state index in [0.29, 0.717) is 9.59 Å². The fourth-order valence-electron chi connectivity index (χ4n) is 3.74. The van der Waals surface area contributed by atoms with Gasteiger partial charge in [0.05, 0.1) is 29.4 Å². The number of nitrogens with one attached hydrogen (secondary N) is 1. The number of amides is 1. The van der Waals surface area contributed by atoms with Crippen LogP contribution < -0.4 is 11.0 Å². The van der Waals surface area contributed by atoms with Crippen LogP contribution in [0.15, 0.2) is 53.6 Å². The Morgan fingerprint density at radius 1 is 0.953 bits per heavy atom. The predicted octanol–water partition coefficient (Wildman–Crippen LogP) is 3.22. The van der Waals surface area contributed by atoms with Crippen LogP contribution in [0.3, 0.4) is 0 Å². The number of alkyl halides is 6. The molecule has 230 valence electrons. The Kier molecular flexibility index (Phi) is 9.19. The Hall–Kier alpha value is -3.93. The van der Waals surface area contributed by atoms with E-state index in [1.807, 2.05) is 5.32 Å². The van der Waals surface area contributed by atoms with Crippen molar-refractivity contribution in [3.63, 3.8) is 0 Å². The Labute approximate surface area is 246 Å². The number of hydrogen-bond donors (Lipinski definition) is 3. The fourth-order valence-corrected chi connectivity index (χ4v) is 4.13. The zero-order valence-electron chi connectivity index (χ0n) is 21.3. The number of rotatable bonds is 9. The van der Waals surface area contributed by atoms with Crippen LogP contribution in [0.4, 0.5) is 26.3 Å². The summed E-state index contributed by atoms with van der Waals surface area (Å²) in [5, 5.41) is 29.2. The monoisotopic (exact) mass is 653 g/mol. The van der Waals surface area contributed by atoms with Crippen molar-refractivity contribution in [2.45, 2.75) is 37.7 Å². The van der Waals surface area contributed by atoms with Crippen LogP contribution >= 0.6 is 23.2 Å². The third-order valence-electron chi connectivity index (χ3n) is 5.88. The van der Waals surface area contributed by atoms with Gasteiger partial charge in [-0.3, -0.25) is 9.36 Å². The highest BCUT2D eigenvalue weighted by Gasteiger charge is 2.40. The second-order valence-corrected chi connectivity index (χ2v) is 9.79. The number of benzene rings is 2. The van der Waals surface area contributed by atoms with Crippen molar-refractivity contribution in [2.24, 2.45) is 0 Å². The first-order valence-electron chi connectivity index (χ1n) is 12.0. The van der Waals surface area contributed by atoms with Crippen molar-refractivity contribution in [3.05, 3.63) is 80.7 Å². The molecule has 0 aliphatic heterocycles. The summed E-state index contributed by atoms with van der Waals surface area (Å²) >= 11 is 12.1. The molecule has 1 amide bonds. The maximum Gasteiger partial charge on any atom is 0.416 e. The summed E-state index contributed by atoms with van der Waals surface area (Å²) in [6.45, 7) is -2.78. The molecule has 2 aromatic heterocycles. The van der Waals surface area contributed by atoms with Gasteiger partial charge in [0.15, 0.2) is 23.9 Å². The topological polar surface area (TPSA) is 140 Å². The number of halogens is 8. The van der Waals surface area contributed by atoms with Crippen LogP contribution in [0.2, 0.25) is 10.0 Å². The first-order valence-corrected chi connectivity index (χ1v) is 12.7. The Morgan fingerprint density at radius 2 is 1.60 bits per heavy atom. The second-order valence-electron chi connectivity index (χ2n) is 8.95. The van der Waals surface area contributed by atoms with Crippen LogP contribution in [0.25, 0.3) is 17.1 Å². The average Bonchev–Trinajstić information content (AvgIpc) is 3.51. The van der Waals surface area contributed by atoms with Crippen molar-refractivity contribution in [2.75, 3.05) is 6.54 Å². The number of carbonyl (C=O) groups is 1. The molecule has 0 aliphatic rings. The number of aromatic nitrogens is 6. The van der Waals surface area contributed by atoms with Crippen molar-refractivity contribution in [1.82, 2.24) is 34.4 Å². The number of nitrogens with zero attached hydrogens (tertiary/aromatic N) is 6. The van der Waals surface area contributed by atoms with Gasteiger partial charge in [-0.05, 0) is 36.4 Å². The van der Waals surface area contributed by atoms with Crippen molar-refractivity contribution < 1.29 is 41.4 Å². The van der Waals surface area contributed by atoms with E-state index in [-0.39, 0.29) is 33.5 Å². The molecule has 0 saturated heterocycles. The molecular weight excluding hydrogens is 635 g/mol.